The molecule has 2 N–H and O–H groups in total. The van der Waals surface area contributed by atoms with Gasteiger partial charge in [-0.15, -0.1) is 0 Å². The van der Waals surface area contributed by atoms with Gasteiger partial charge < -0.3 is 15.3 Å². The van der Waals surface area contributed by atoms with Gasteiger partial charge in [0.1, 0.15) is 6.04 Å². The van der Waals surface area contributed by atoms with Gasteiger partial charge in [0.15, 0.2) is 0 Å². The van der Waals surface area contributed by atoms with E-state index < -0.39 is 12.0 Å². The molecule has 108 valence electrons. The summed E-state index contributed by atoms with van der Waals surface area (Å²) in [7, 11) is 0. The van der Waals surface area contributed by atoms with E-state index in [0.29, 0.717) is 18.0 Å². The zero-order valence-electron chi connectivity index (χ0n) is 11.2. The summed E-state index contributed by atoms with van der Waals surface area (Å²) in [6.07, 6.45) is 1.23. The van der Waals surface area contributed by atoms with Crippen molar-refractivity contribution in [2.75, 3.05) is 6.54 Å². The molecule has 1 saturated heterocycles. The van der Waals surface area contributed by atoms with Crippen molar-refractivity contribution < 1.29 is 14.7 Å². The van der Waals surface area contributed by atoms with Crippen LogP contribution < -0.4 is 5.32 Å². The van der Waals surface area contributed by atoms with Crippen molar-refractivity contribution in [3.8, 4) is 0 Å². The lowest BCUT2D eigenvalue weighted by molar-refractivity contribution is -0.141. The molecular weight excluding hydrogens is 280 g/mol. The number of carboxylic acid groups (broad SMARTS) is 1. The van der Waals surface area contributed by atoms with Crippen molar-refractivity contribution >= 4 is 23.6 Å². The van der Waals surface area contributed by atoms with Crippen LogP contribution >= 0.6 is 11.6 Å². The minimum Gasteiger partial charge on any atom is -0.480 e. The van der Waals surface area contributed by atoms with Crippen LogP contribution in [0.3, 0.4) is 0 Å². The summed E-state index contributed by atoms with van der Waals surface area (Å²) < 4.78 is 0. The summed E-state index contributed by atoms with van der Waals surface area (Å²) in [5, 5.41) is 12.5. The van der Waals surface area contributed by atoms with Crippen molar-refractivity contribution in [2.24, 2.45) is 0 Å². The van der Waals surface area contributed by atoms with Gasteiger partial charge in [-0.25, -0.2) is 9.59 Å². The molecule has 2 atom stereocenters. The number of amides is 2. The highest BCUT2D eigenvalue weighted by Crippen LogP contribution is 2.20. The number of nitrogens with one attached hydrogen (secondary N) is 1. The Bertz CT molecular complexity index is 504. The normalized spacial score (nSPS) is 19.7. The Kier molecular flexibility index (Phi) is 4.49. The maximum Gasteiger partial charge on any atom is 0.326 e. The van der Waals surface area contributed by atoms with Crippen molar-refractivity contribution in [3.63, 3.8) is 0 Å². The number of likely N-dealkylation sites (tertiary alicyclic amines) is 1. The number of rotatable bonds is 3. The van der Waals surface area contributed by atoms with Crippen LogP contribution in [0.25, 0.3) is 0 Å². The average Bonchev–Trinajstić information content (AvgIpc) is 2.88. The van der Waals surface area contributed by atoms with Crippen LogP contribution in [0.15, 0.2) is 24.3 Å². The van der Waals surface area contributed by atoms with Crippen LogP contribution in [0.5, 0.6) is 0 Å². The molecule has 0 aliphatic carbocycles. The number of aliphatic carboxylic acids is 1. The first kappa shape index (κ1) is 14.7. The first-order valence-electron chi connectivity index (χ1n) is 6.54. The molecule has 1 aromatic rings. The van der Waals surface area contributed by atoms with E-state index in [0.717, 1.165) is 12.0 Å². The molecule has 1 unspecified atom stereocenters. The predicted octanol–water partition coefficient (Wildman–Crippen LogP) is 2.66. The van der Waals surface area contributed by atoms with Crippen LogP contribution in [0.4, 0.5) is 4.79 Å². The van der Waals surface area contributed by atoms with E-state index in [1.807, 2.05) is 19.1 Å². The fourth-order valence-corrected chi connectivity index (χ4v) is 2.50. The molecule has 2 amide bonds. The van der Waals surface area contributed by atoms with E-state index in [-0.39, 0.29) is 12.1 Å². The first-order chi connectivity index (χ1) is 9.49. The number of hydrogen-bond donors (Lipinski definition) is 2. The Hall–Kier alpha value is -1.75. The monoisotopic (exact) mass is 296 g/mol. The molecule has 0 radical (unpaired) electrons. The lowest BCUT2D eigenvalue weighted by atomic mass is 10.1. The standard InChI is InChI=1S/C14H17ClN2O3/c1-9(10-4-6-11(15)7-5-10)16-14(20)17-8-2-3-12(17)13(18)19/h4-7,9,12H,2-3,8H2,1H3,(H,16,20)(H,18,19)/t9?,12-/m0/s1. The number of carbonyl (C=O) groups is 2. The van der Waals surface area contributed by atoms with Gasteiger partial charge >= 0.3 is 12.0 Å². The summed E-state index contributed by atoms with van der Waals surface area (Å²) in [5.74, 6) is -0.947. The van der Waals surface area contributed by atoms with E-state index >= 15 is 0 Å². The number of carbonyl (C=O) groups excluding carboxylic acids is 1. The van der Waals surface area contributed by atoms with E-state index in [9.17, 15) is 9.59 Å². The SMILES string of the molecule is CC(NC(=O)N1CCC[C@H]1C(=O)O)c1ccc(Cl)cc1. The van der Waals surface area contributed by atoms with Gasteiger partial charge in [-0.05, 0) is 37.5 Å². The average molecular weight is 297 g/mol. The predicted molar refractivity (Wildman–Crippen MR) is 75.8 cm³/mol. The van der Waals surface area contributed by atoms with Gasteiger partial charge in [0.2, 0.25) is 0 Å². The highest BCUT2D eigenvalue weighted by Gasteiger charge is 2.34. The molecule has 5 nitrogen and oxygen atoms in total. The second-order valence-electron chi connectivity index (χ2n) is 4.91. The quantitative estimate of drug-likeness (QED) is 0.901. The van der Waals surface area contributed by atoms with E-state index in [1.54, 1.807) is 12.1 Å². The van der Waals surface area contributed by atoms with Gasteiger partial charge in [0.25, 0.3) is 0 Å². The maximum absolute atomic E-state index is 12.1. The smallest absolute Gasteiger partial charge is 0.326 e. The lowest BCUT2D eigenvalue weighted by Gasteiger charge is -2.24. The maximum atomic E-state index is 12.1. The van der Waals surface area contributed by atoms with E-state index in [2.05, 4.69) is 5.32 Å². The summed E-state index contributed by atoms with van der Waals surface area (Å²) in [5.41, 5.74) is 0.925. The molecule has 20 heavy (non-hydrogen) atoms. The minimum atomic E-state index is -0.947. The third kappa shape index (κ3) is 3.22. The summed E-state index contributed by atoms with van der Waals surface area (Å²) in [6, 6.07) is 5.95. The summed E-state index contributed by atoms with van der Waals surface area (Å²) in [6.45, 7) is 2.34. The number of nitrogens with zero attached hydrogens (tertiary/aromatic N) is 1. The number of benzene rings is 1. The number of urea groups is 1. The van der Waals surface area contributed by atoms with Gasteiger partial charge in [0, 0.05) is 11.6 Å². The van der Waals surface area contributed by atoms with Gasteiger partial charge in [0.05, 0.1) is 6.04 Å². The van der Waals surface area contributed by atoms with Crippen LogP contribution in [0.1, 0.15) is 31.4 Å². The fraction of sp³-hybridized carbons (Fsp3) is 0.429. The molecule has 6 heteroatoms. The van der Waals surface area contributed by atoms with Crippen LogP contribution in [0.2, 0.25) is 5.02 Å². The topological polar surface area (TPSA) is 69.6 Å². The summed E-state index contributed by atoms with van der Waals surface area (Å²) >= 11 is 5.82. The second-order valence-corrected chi connectivity index (χ2v) is 5.35. The Morgan fingerprint density at radius 2 is 2.05 bits per heavy atom. The Morgan fingerprint density at radius 1 is 1.40 bits per heavy atom. The lowest BCUT2D eigenvalue weighted by Crippen LogP contribution is -2.46. The molecule has 0 spiro atoms. The summed E-state index contributed by atoms with van der Waals surface area (Å²) in [4.78, 5) is 24.6. The van der Waals surface area contributed by atoms with Crippen molar-refractivity contribution in [1.82, 2.24) is 10.2 Å². The highest BCUT2D eigenvalue weighted by molar-refractivity contribution is 6.30. The molecule has 1 aliphatic heterocycles. The third-order valence-corrected chi connectivity index (χ3v) is 3.76. The fourth-order valence-electron chi connectivity index (χ4n) is 2.37. The zero-order valence-corrected chi connectivity index (χ0v) is 11.9. The molecule has 1 fully saturated rings. The minimum absolute atomic E-state index is 0.199. The highest BCUT2D eigenvalue weighted by atomic mass is 35.5. The zero-order chi connectivity index (χ0) is 14.7. The van der Waals surface area contributed by atoms with Gasteiger partial charge in [-0.2, -0.15) is 0 Å². The molecular formula is C14H17ClN2O3. The molecule has 0 bridgehead atoms. The number of halogens is 1. The van der Waals surface area contributed by atoms with Crippen LogP contribution in [-0.2, 0) is 4.79 Å². The molecule has 0 aromatic heterocycles. The molecule has 1 aromatic carbocycles. The molecule has 1 heterocycles. The van der Waals surface area contributed by atoms with Crippen molar-refractivity contribution in [1.29, 1.82) is 0 Å². The molecule has 2 rings (SSSR count). The van der Waals surface area contributed by atoms with Crippen molar-refractivity contribution in [3.05, 3.63) is 34.9 Å². The van der Waals surface area contributed by atoms with Crippen LogP contribution in [0, 0.1) is 0 Å². The number of hydrogen-bond acceptors (Lipinski definition) is 2. The molecule has 0 saturated carbocycles. The van der Waals surface area contributed by atoms with Gasteiger partial charge in [-0.1, -0.05) is 23.7 Å². The second kappa shape index (κ2) is 6.13. The Balaban J connectivity index is 2.00. The van der Waals surface area contributed by atoms with E-state index in [1.165, 1.54) is 4.90 Å². The van der Waals surface area contributed by atoms with Crippen molar-refractivity contribution in [2.45, 2.75) is 31.8 Å². The first-order valence-corrected chi connectivity index (χ1v) is 6.92. The molecule has 1 aliphatic rings. The van der Waals surface area contributed by atoms with E-state index in [4.69, 9.17) is 16.7 Å². The largest absolute Gasteiger partial charge is 0.480 e. The Labute approximate surface area is 122 Å². The van der Waals surface area contributed by atoms with Gasteiger partial charge in [-0.3, -0.25) is 0 Å². The third-order valence-electron chi connectivity index (χ3n) is 3.51. The van der Waals surface area contributed by atoms with Crippen LogP contribution in [-0.4, -0.2) is 34.6 Å². The Morgan fingerprint density at radius 3 is 2.65 bits per heavy atom. The number of carboxylic acids is 1.